The molecule has 3 aromatic rings. The van der Waals surface area contributed by atoms with Crippen molar-refractivity contribution in [3.05, 3.63) is 99.5 Å². The molecule has 0 radical (unpaired) electrons. The van der Waals surface area contributed by atoms with Crippen molar-refractivity contribution in [1.29, 1.82) is 0 Å². The highest BCUT2D eigenvalue weighted by Crippen LogP contribution is 2.39. The molecule has 1 atom stereocenters. The Morgan fingerprint density at radius 2 is 1.67 bits per heavy atom. The summed E-state index contributed by atoms with van der Waals surface area (Å²) in [7, 11) is 1.84. The van der Waals surface area contributed by atoms with Gasteiger partial charge in [0.05, 0.1) is 28.5 Å². The number of likely N-dealkylation sites (N-methyl/N-ethyl adjacent to an activating group) is 1. The molecule has 0 saturated carbocycles. The number of piperidine rings is 1. The summed E-state index contributed by atoms with van der Waals surface area (Å²) in [5, 5.41) is 14.7. The van der Waals surface area contributed by atoms with E-state index in [9.17, 15) is 14.7 Å². The number of rotatable bonds is 13. The summed E-state index contributed by atoms with van der Waals surface area (Å²) in [4.78, 5) is 26.0. The van der Waals surface area contributed by atoms with Gasteiger partial charge in [-0.3, -0.25) is 14.6 Å². The molecule has 1 aliphatic heterocycles. The van der Waals surface area contributed by atoms with E-state index >= 15 is 0 Å². The molecule has 1 N–H and O–H groups in total. The number of carbonyl (C=O) groups excluding carboxylic acids is 1. The first-order valence-corrected chi connectivity index (χ1v) is 15.8. The average Bonchev–Trinajstić information content (AvgIpc) is 2.98. The van der Waals surface area contributed by atoms with E-state index in [-0.39, 0.29) is 24.3 Å². The zero-order valence-electron chi connectivity index (χ0n) is 25.3. The zero-order valence-corrected chi connectivity index (χ0v) is 26.8. The Labute approximate surface area is 265 Å². The van der Waals surface area contributed by atoms with E-state index in [2.05, 4.69) is 5.01 Å². The van der Waals surface area contributed by atoms with E-state index in [4.69, 9.17) is 27.9 Å². The van der Waals surface area contributed by atoms with E-state index in [1.807, 2.05) is 93.7 Å². The van der Waals surface area contributed by atoms with Gasteiger partial charge in [0.2, 0.25) is 5.91 Å². The number of carbonyl (C=O) groups is 2. The molecule has 6 nitrogen and oxygen atoms in total. The van der Waals surface area contributed by atoms with Crippen molar-refractivity contribution in [3.63, 3.8) is 0 Å². The Morgan fingerprint density at radius 1 is 0.953 bits per heavy atom. The zero-order chi connectivity index (χ0) is 31.0. The highest BCUT2D eigenvalue weighted by atomic mass is 35.5. The van der Waals surface area contributed by atoms with Crippen LogP contribution < -0.4 is 4.74 Å². The number of carboxylic acids is 1. The number of halogens is 2. The van der Waals surface area contributed by atoms with Gasteiger partial charge >= 0.3 is 5.97 Å². The standard InChI is InChI=1S/C35H42Cl2N2O4/c1-25(2)43-29-14-9-11-27(23-29)30(15-8-7-10-26-16-17-31(36)32(37)22-26)34(42)38(3)39-20-18-35(19-21-39,24-33(40)41)28-12-5-4-6-13-28/h4-6,9,11-14,16-17,22-23,25,30H,7-8,10,15,18-21,24H2,1-3H3,(H,40,41). The van der Waals surface area contributed by atoms with Crippen molar-refractivity contribution in [1.82, 2.24) is 10.0 Å². The molecule has 4 rings (SSSR count). The fraction of sp³-hybridized carbons (Fsp3) is 0.429. The molecule has 1 aliphatic rings. The Morgan fingerprint density at radius 3 is 2.33 bits per heavy atom. The molecular formula is C35H42Cl2N2O4. The molecule has 1 unspecified atom stereocenters. The molecule has 230 valence electrons. The van der Waals surface area contributed by atoms with Crippen LogP contribution in [0.3, 0.4) is 0 Å². The fourth-order valence-electron chi connectivity index (χ4n) is 6.12. The van der Waals surface area contributed by atoms with E-state index in [0.717, 1.165) is 41.7 Å². The van der Waals surface area contributed by atoms with Crippen LogP contribution in [0, 0.1) is 0 Å². The van der Waals surface area contributed by atoms with Crippen molar-refractivity contribution in [3.8, 4) is 5.75 Å². The third kappa shape index (κ3) is 8.75. The van der Waals surface area contributed by atoms with Crippen LogP contribution in [0.5, 0.6) is 5.75 Å². The van der Waals surface area contributed by atoms with E-state index in [0.29, 0.717) is 42.4 Å². The number of carboxylic acid groups (broad SMARTS) is 1. The van der Waals surface area contributed by atoms with Crippen LogP contribution in [-0.2, 0) is 21.4 Å². The number of amides is 1. The lowest BCUT2D eigenvalue weighted by Gasteiger charge is -2.45. The Bertz CT molecular complexity index is 1370. The largest absolute Gasteiger partial charge is 0.491 e. The first-order valence-electron chi connectivity index (χ1n) is 15.1. The summed E-state index contributed by atoms with van der Waals surface area (Å²) in [5.41, 5.74) is 2.66. The van der Waals surface area contributed by atoms with Gasteiger partial charge in [0.1, 0.15) is 5.75 Å². The quantitative estimate of drug-likeness (QED) is 0.194. The predicted molar refractivity (Wildman–Crippen MR) is 173 cm³/mol. The summed E-state index contributed by atoms with van der Waals surface area (Å²) < 4.78 is 5.96. The SMILES string of the molecule is CC(C)Oc1cccc(C(CCCCc2ccc(Cl)c(Cl)c2)C(=O)N(C)N2CCC(CC(=O)O)(c3ccccc3)CC2)c1. The van der Waals surface area contributed by atoms with Gasteiger partial charge in [0.15, 0.2) is 0 Å². The molecule has 1 fully saturated rings. The van der Waals surface area contributed by atoms with Crippen molar-refractivity contribution in [2.75, 3.05) is 20.1 Å². The number of hydrogen-bond acceptors (Lipinski definition) is 4. The lowest BCUT2D eigenvalue weighted by Crippen LogP contribution is -2.52. The van der Waals surface area contributed by atoms with Gasteiger partial charge in [-0.25, -0.2) is 5.01 Å². The third-order valence-electron chi connectivity index (χ3n) is 8.44. The Kier molecular flexibility index (Phi) is 11.5. The summed E-state index contributed by atoms with van der Waals surface area (Å²) in [6.45, 7) is 5.18. The number of hydrazine groups is 1. The molecule has 3 aromatic carbocycles. The number of aliphatic carboxylic acids is 1. The normalized spacial score (nSPS) is 15.7. The monoisotopic (exact) mass is 624 g/mol. The van der Waals surface area contributed by atoms with E-state index in [1.165, 1.54) is 0 Å². The molecule has 0 aliphatic carbocycles. The van der Waals surface area contributed by atoms with Gasteiger partial charge < -0.3 is 9.84 Å². The highest BCUT2D eigenvalue weighted by molar-refractivity contribution is 6.42. The van der Waals surface area contributed by atoms with Crippen molar-refractivity contribution in [2.24, 2.45) is 0 Å². The van der Waals surface area contributed by atoms with E-state index < -0.39 is 11.4 Å². The summed E-state index contributed by atoms with van der Waals surface area (Å²) in [6.07, 6.45) is 4.73. The molecule has 0 spiro atoms. The molecule has 43 heavy (non-hydrogen) atoms. The molecule has 1 saturated heterocycles. The number of unbranched alkanes of at least 4 members (excludes halogenated alkanes) is 1. The second-order valence-corrected chi connectivity index (χ2v) is 12.6. The van der Waals surface area contributed by atoms with Gasteiger partial charge in [-0.15, -0.1) is 0 Å². The minimum Gasteiger partial charge on any atom is -0.491 e. The van der Waals surface area contributed by atoms with Gasteiger partial charge in [0, 0.05) is 25.6 Å². The molecule has 8 heteroatoms. The second kappa shape index (κ2) is 15.1. The Hall–Kier alpha value is -3.06. The minimum atomic E-state index is -0.800. The average molecular weight is 626 g/mol. The molecular weight excluding hydrogens is 583 g/mol. The molecule has 1 heterocycles. The minimum absolute atomic E-state index is 0.0293. The maximum absolute atomic E-state index is 14.1. The first-order chi connectivity index (χ1) is 20.6. The molecule has 1 amide bonds. The van der Waals surface area contributed by atoms with Crippen LogP contribution in [0.1, 0.15) is 75.0 Å². The van der Waals surface area contributed by atoms with E-state index in [1.54, 1.807) is 5.01 Å². The smallest absolute Gasteiger partial charge is 0.304 e. The third-order valence-corrected chi connectivity index (χ3v) is 9.18. The van der Waals surface area contributed by atoms with Gasteiger partial charge in [0.25, 0.3) is 0 Å². The van der Waals surface area contributed by atoms with Crippen LogP contribution in [0.15, 0.2) is 72.8 Å². The first kappa shape index (κ1) is 32.8. The van der Waals surface area contributed by atoms with Crippen LogP contribution in [0.4, 0.5) is 0 Å². The van der Waals surface area contributed by atoms with Gasteiger partial charge in [-0.1, -0.05) is 78.2 Å². The molecule has 0 bridgehead atoms. The van der Waals surface area contributed by atoms with Crippen molar-refractivity contribution in [2.45, 2.75) is 76.2 Å². The topological polar surface area (TPSA) is 70.1 Å². The summed E-state index contributed by atoms with van der Waals surface area (Å²) in [5.74, 6) is -0.356. The fourth-order valence-corrected chi connectivity index (χ4v) is 6.44. The predicted octanol–water partition coefficient (Wildman–Crippen LogP) is 8.16. The van der Waals surface area contributed by atoms with Crippen LogP contribution in [0.25, 0.3) is 0 Å². The van der Waals surface area contributed by atoms with Crippen LogP contribution >= 0.6 is 23.2 Å². The number of ether oxygens (including phenoxy) is 1. The maximum Gasteiger partial charge on any atom is 0.304 e. The van der Waals surface area contributed by atoms with Crippen LogP contribution in [0.2, 0.25) is 10.0 Å². The second-order valence-electron chi connectivity index (χ2n) is 11.8. The summed E-state index contributed by atoms with van der Waals surface area (Å²) in [6, 6.07) is 23.5. The number of aryl methyl sites for hydroxylation is 1. The maximum atomic E-state index is 14.1. The number of benzene rings is 3. The van der Waals surface area contributed by atoms with Crippen LogP contribution in [-0.4, -0.2) is 53.2 Å². The highest BCUT2D eigenvalue weighted by Gasteiger charge is 2.40. The van der Waals surface area contributed by atoms with Gasteiger partial charge in [-0.2, -0.15) is 0 Å². The van der Waals surface area contributed by atoms with Gasteiger partial charge in [-0.05, 0) is 86.9 Å². The summed E-state index contributed by atoms with van der Waals surface area (Å²) >= 11 is 12.3. The van der Waals surface area contributed by atoms with Crippen molar-refractivity contribution >= 4 is 35.1 Å². The number of nitrogens with zero attached hydrogens (tertiary/aromatic N) is 2. The molecule has 0 aromatic heterocycles. The van der Waals surface area contributed by atoms with Crippen molar-refractivity contribution < 1.29 is 19.4 Å². The lowest BCUT2D eigenvalue weighted by molar-refractivity contribution is -0.152. The Balaban J connectivity index is 1.48. The number of hydrogen-bond donors (Lipinski definition) is 1. The lowest BCUT2D eigenvalue weighted by atomic mass is 9.70.